The number of esters is 1. The maximum atomic E-state index is 13.4. The Morgan fingerprint density at radius 3 is 3.00 bits per heavy atom. The van der Waals surface area contributed by atoms with Crippen molar-refractivity contribution in [2.75, 3.05) is 6.54 Å². The molecule has 0 saturated carbocycles. The van der Waals surface area contributed by atoms with Crippen molar-refractivity contribution in [2.24, 2.45) is 5.92 Å². The van der Waals surface area contributed by atoms with Gasteiger partial charge in [0.2, 0.25) is 0 Å². The van der Waals surface area contributed by atoms with Gasteiger partial charge in [-0.05, 0) is 31.4 Å². The van der Waals surface area contributed by atoms with Crippen molar-refractivity contribution in [1.82, 2.24) is 5.32 Å². The quantitative estimate of drug-likeness (QED) is 0.837. The molecule has 4 heteroatoms. The number of carbonyl (C=O) groups is 1. The second-order valence-electron chi connectivity index (χ2n) is 4.75. The Balaban J connectivity index is 1.90. The number of rotatable bonds is 3. The van der Waals surface area contributed by atoms with Crippen LogP contribution in [0.2, 0.25) is 0 Å². The van der Waals surface area contributed by atoms with Crippen LogP contribution in [0.5, 0.6) is 0 Å². The molecule has 1 N–H and O–H groups in total. The third-order valence-electron chi connectivity index (χ3n) is 3.35. The smallest absolute Gasteiger partial charge is 0.323 e. The van der Waals surface area contributed by atoms with Gasteiger partial charge in [0.15, 0.2) is 0 Å². The number of carbonyl (C=O) groups excluding carboxylic acids is 1. The zero-order valence-electron chi connectivity index (χ0n) is 10.5. The number of piperidine rings is 1. The number of nitrogens with one attached hydrogen (secondary N) is 1. The lowest BCUT2D eigenvalue weighted by molar-refractivity contribution is -0.149. The summed E-state index contributed by atoms with van der Waals surface area (Å²) in [7, 11) is 0. The van der Waals surface area contributed by atoms with Gasteiger partial charge in [-0.2, -0.15) is 0 Å². The molecule has 0 radical (unpaired) electrons. The summed E-state index contributed by atoms with van der Waals surface area (Å²) in [6, 6.07) is 6.08. The molecule has 1 fully saturated rings. The van der Waals surface area contributed by atoms with E-state index in [4.69, 9.17) is 4.74 Å². The van der Waals surface area contributed by atoms with E-state index in [0.29, 0.717) is 5.56 Å². The summed E-state index contributed by atoms with van der Waals surface area (Å²) in [5.41, 5.74) is 0.411. The van der Waals surface area contributed by atoms with E-state index in [-0.39, 0.29) is 30.4 Å². The monoisotopic (exact) mass is 251 g/mol. The molecule has 1 aromatic rings. The Morgan fingerprint density at radius 2 is 2.28 bits per heavy atom. The first-order chi connectivity index (χ1) is 8.68. The van der Waals surface area contributed by atoms with Crippen LogP contribution in [0.1, 0.15) is 25.3 Å². The molecule has 1 aliphatic rings. The van der Waals surface area contributed by atoms with E-state index in [0.717, 1.165) is 19.4 Å². The summed E-state index contributed by atoms with van der Waals surface area (Å²) in [6.45, 7) is 2.86. The van der Waals surface area contributed by atoms with Crippen LogP contribution in [0.25, 0.3) is 0 Å². The molecule has 2 unspecified atom stereocenters. The highest BCUT2D eigenvalue weighted by molar-refractivity contribution is 5.76. The summed E-state index contributed by atoms with van der Waals surface area (Å²) in [6.07, 6.45) is 2.10. The van der Waals surface area contributed by atoms with Crippen LogP contribution in [-0.2, 0) is 16.1 Å². The van der Waals surface area contributed by atoms with Gasteiger partial charge in [0, 0.05) is 5.56 Å². The molecule has 98 valence electrons. The fourth-order valence-electron chi connectivity index (χ4n) is 2.22. The highest BCUT2D eigenvalue weighted by Gasteiger charge is 2.28. The lowest BCUT2D eigenvalue weighted by Gasteiger charge is -2.28. The van der Waals surface area contributed by atoms with Crippen LogP contribution in [0.4, 0.5) is 4.39 Å². The minimum atomic E-state index is -0.338. The molecule has 1 aliphatic heterocycles. The van der Waals surface area contributed by atoms with Crippen LogP contribution >= 0.6 is 0 Å². The summed E-state index contributed by atoms with van der Waals surface area (Å²) in [5.74, 6) is -0.354. The first-order valence-electron chi connectivity index (χ1n) is 6.32. The molecule has 1 heterocycles. The van der Waals surface area contributed by atoms with Gasteiger partial charge in [0.05, 0.1) is 0 Å². The Labute approximate surface area is 106 Å². The minimum Gasteiger partial charge on any atom is -0.460 e. The topological polar surface area (TPSA) is 38.3 Å². The van der Waals surface area contributed by atoms with E-state index >= 15 is 0 Å². The van der Waals surface area contributed by atoms with Crippen molar-refractivity contribution in [1.29, 1.82) is 0 Å². The zero-order chi connectivity index (χ0) is 13.0. The van der Waals surface area contributed by atoms with Crippen molar-refractivity contribution in [3.8, 4) is 0 Å². The van der Waals surface area contributed by atoms with Crippen molar-refractivity contribution >= 4 is 5.97 Å². The van der Waals surface area contributed by atoms with Gasteiger partial charge in [0.1, 0.15) is 18.5 Å². The van der Waals surface area contributed by atoms with E-state index in [2.05, 4.69) is 5.32 Å². The molecule has 0 amide bonds. The van der Waals surface area contributed by atoms with Crippen LogP contribution in [0, 0.1) is 11.7 Å². The Kier molecular flexibility index (Phi) is 4.31. The largest absolute Gasteiger partial charge is 0.460 e. The van der Waals surface area contributed by atoms with Crippen LogP contribution < -0.4 is 5.32 Å². The fourth-order valence-corrected chi connectivity index (χ4v) is 2.22. The molecule has 2 rings (SSSR count). The van der Waals surface area contributed by atoms with Gasteiger partial charge < -0.3 is 10.1 Å². The maximum absolute atomic E-state index is 13.4. The van der Waals surface area contributed by atoms with Gasteiger partial charge in [-0.3, -0.25) is 4.79 Å². The SMILES string of the molecule is CC1CCCNC1C(=O)OCc1ccccc1F. The molecular weight excluding hydrogens is 233 g/mol. The molecule has 3 nitrogen and oxygen atoms in total. The average molecular weight is 251 g/mol. The van der Waals surface area contributed by atoms with Crippen molar-refractivity contribution in [2.45, 2.75) is 32.4 Å². The van der Waals surface area contributed by atoms with Gasteiger partial charge in [0.25, 0.3) is 0 Å². The third kappa shape index (κ3) is 3.07. The Hall–Kier alpha value is -1.42. The molecule has 0 aliphatic carbocycles. The molecule has 0 aromatic heterocycles. The molecule has 1 aromatic carbocycles. The number of benzene rings is 1. The molecule has 1 saturated heterocycles. The van der Waals surface area contributed by atoms with Crippen LogP contribution in [-0.4, -0.2) is 18.6 Å². The lowest BCUT2D eigenvalue weighted by Crippen LogP contribution is -2.46. The van der Waals surface area contributed by atoms with E-state index in [1.807, 2.05) is 6.92 Å². The third-order valence-corrected chi connectivity index (χ3v) is 3.35. The molecular formula is C14H18FNO2. The summed E-state index contributed by atoms with van der Waals surface area (Å²) < 4.78 is 18.5. The van der Waals surface area contributed by atoms with Gasteiger partial charge in [-0.1, -0.05) is 25.1 Å². The first-order valence-corrected chi connectivity index (χ1v) is 6.32. The predicted molar refractivity (Wildman–Crippen MR) is 66.4 cm³/mol. The second kappa shape index (κ2) is 5.96. The molecule has 18 heavy (non-hydrogen) atoms. The van der Waals surface area contributed by atoms with Crippen molar-refractivity contribution in [3.63, 3.8) is 0 Å². The van der Waals surface area contributed by atoms with Gasteiger partial charge >= 0.3 is 5.97 Å². The van der Waals surface area contributed by atoms with E-state index in [9.17, 15) is 9.18 Å². The second-order valence-corrected chi connectivity index (χ2v) is 4.75. The average Bonchev–Trinajstić information content (AvgIpc) is 2.38. The predicted octanol–water partition coefficient (Wildman–Crippen LogP) is 2.26. The standard InChI is InChI=1S/C14H18FNO2/c1-10-5-4-8-16-13(10)14(17)18-9-11-6-2-3-7-12(11)15/h2-3,6-7,10,13,16H,4-5,8-9H2,1H3. The molecule has 0 spiro atoms. The summed E-state index contributed by atoms with van der Waals surface area (Å²) >= 11 is 0. The normalized spacial score (nSPS) is 23.7. The van der Waals surface area contributed by atoms with Crippen LogP contribution in [0.3, 0.4) is 0 Å². The van der Waals surface area contributed by atoms with Gasteiger partial charge in [-0.25, -0.2) is 4.39 Å². The van der Waals surface area contributed by atoms with Crippen molar-refractivity contribution < 1.29 is 13.9 Å². The highest BCUT2D eigenvalue weighted by Crippen LogP contribution is 2.17. The van der Waals surface area contributed by atoms with Gasteiger partial charge in [-0.15, -0.1) is 0 Å². The van der Waals surface area contributed by atoms with Crippen molar-refractivity contribution in [3.05, 3.63) is 35.6 Å². The summed E-state index contributed by atoms with van der Waals surface area (Å²) in [5, 5.41) is 3.15. The number of hydrogen-bond donors (Lipinski definition) is 1. The number of hydrogen-bond acceptors (Lipinski definition) is 3. The highest BCUT2D eigenvalue weighted by atomic mass is 19.1. The Morgan fingerprint density at radius 1 is 1.50 bits per heavy atom. The fraction of sp³-hybridized carbons (Fsp3) is 0.500. The molecule has 2 atom stereocenters. The Bertz CT molecular complexity index is 422. The molecule has 0 bridgehead atoms. The lowest BCUT2D eigenvalue weighted by atomic mass is 9.93. The summed E-state index contributed by atoms with van der Waals surface area (Å²) in [4.78, 5) is 11.9. The zero-order valence-corrected chi connectivity index (χ0v) is 10.5. The van der Waals surface area contributed by atoms with Crippen LogP contribution in [0.15, 0.2) is 24.3 Å². The maximum Gasteiger partial charge on any atom is 0.323 e. The number of halogens is 1. The minimum absolute atomic E-state index is 0.00356. The van der Waals surface area contributed by atoms with E-state index in [1.165, 1.54) is 6.07 Å². The van der Waals surface area contributed by atoms with E-state index in [1.54, 1.807) is 18.2 Å². The van der Waals surface area contributed by atoms with E-state index < -0.39 is 0 Å². The first kappa shape index (κ1) is 13.0. The number of ether oxygens (including phenoxy) is 1.